The van der Waals surface area contributed by atoms with Gasteiger partial charge in [-0.15, -0.1) is 0 Å². The number of hydrogen-bond donors (Lipinski definition) is 0. The molecule has 0 heterocycles. The molecule has 0 aliphatic heterocycles. The minimum atomic E-state index is -0.208. The number of ether oxygens (including phenoxy) is 1. The molecule has 0 aliphatic carbocycles. The summed E-state index contributed by atoms with van der Waals surface area (Å²) in [7, 11) is 1.63. The van der Waals surface area contributed by atoms with Crippen LogP contribution in [-0.4, -0.2) is 7.11 Å². The quantitative estimate of drug-likeness (QED) is 0.605. The fraction of sp³-hybridized carbons (Fsp3) is 0.600. The van der Waals surface area contributed by atoms with E-state index in [9.17, 15) is 4.39 Å². The highest BCUT2D eigenvalue weighted by atomic mass is 79.9. The Morgan fingerprint density at radius 1 is 1.33 bits per heavy atom. The van der Waals surface area contributed by atoms with Crippen molar-refractivity contribution in [2.24, 2.45) is 5.92 Å². The highest BCUT2D eigenvalue weighted by Gasteiger charge is 2.22. The minimum absolute atomic E-state index is 0.152. The lowest BCUT2D eigenvalue weighted by Crippen LogP contribution is -2.08. The van der Waals surface area contributed by atoms with E-state index in [1.165, 1.54) is 18.9 Å². The lowest BCUT2D eigenvalue weighted by molar-refractivity contribution is 0.393. The molecule has 2 atom stereocenters. The van der Waals surface area contributed by atoms with Gasteiger partial charge in [-0.2, -0.15) is 0 Å². The Kier molecular flexibility index (Phi) is 6.69. The van der Waals surface area contributed by atoms with E-state index >= 15 is 0 Å². The van der Waals surface area contributed by atoms with E-state index in [0.717, 1.165) is 24.2 Å². The summed E-state index contributed by atoms with van der Waals surface area (Å²) in [4.78, 5) is 0.152. The van der Waals surface area contributed by atoms with Crippen molar-refractivity contribution in [2.75, 3.05) is 7.11 Å². The van der Waals surface area contributed by atoms with Gasteiger partial charge in [-0.3, -0.25) is 0 Å². The molecule has 1 nitrogen and oxygen atoms in total. The first-order chi connectivity index (χ1) is 8.63. The predicted octanol–water partition coefficient (Wildman–Crippen LogP) is 5.49. The standard InChI is InChI=1S/C15H22BrFO/c1-4-6-7-11(5-2)15(16)13-10-12(17)8-9-14(13)18-3/h8-11,15H,4-7H2,1-3H3. The molecule has 3 heteroatoms. The Bertz CT molecular complexity index is 368. The van der Waals surface area contributed by atoms with Gasteiger partial charge >= 0.3 is 0 Å². The summed E-state index contributed by atoms with van der Waals surface area (Å²) in [6.45, 7) is 4.37. The molecule has 0 radical (unpaired) electrons. The van der Waals surface area contributed by atoms with Gasteiger partial charge in [0.05, 0.1) is 7.11 Å². The summed E-state index contributed by atoms with van der Waals surface area (Å²) in [6.07, 6.45) is 4.63. The van der Waals surface area contributed by atoms with Gasteiger partial charge in [0.15, 0.2) is 0 Å². The van der Waals surface area contributed by atoms with Crippen LogP contribution in [-0.2, 0) is 0 Å². The number of halogens is 2. The molecule has 18 heavy (non-hydrogen) atoms. The third-order valence-corrected chi connectivity index (χ3v) is 4.60. The first-order valence-electron chi connectivity index (χ1n) is 6.61. The summed E-state index contributed by atoms with van der Waals surface area (Å²) in [5.41, 5.74) is 0.917. The Morgan fingerprint density at radius 3 is 2.61 bits per heavy atom. The SMILES string of the molecule is CCCCC(CC)C(Br)c1cc(F)ccc1OC. The summed E-state index contributed by atoms with van der Waals surface area (Å²) >= 11 is 3.72. The molecule has 0 bridgehead atoms. The zero-order valence-corrected chi connectivity index (χ0v) is 13.0. The molecule has 1 rings (SSSR count). The Hall–Kier alpha value is -0.570. The van der Waals surface area contributed by atoms with Gasteiger partial charge in [0.25, 0.3) is 0 Å². The van der Waals surface area contributed by atoms with E-state index in [1.54, 1.807) is 19.2 Å². The summed E-state index contributed by atoms with van der Waals surface area (Å²) in [5, 5.41) is 0. The normalized spacial score (nSPS) is 14.3. The molecular weight excluding hydrogens is 295 g/mol. The first kappa shape index (κ1) is 15.5. The van der Waals surface area contributed by atoms with Crippen LogP contribution in [0, 0.1) is 11.7 Å². The van der Waals surface area contributed by atoms with E-state index < -0.39 is 0 Å². The molecule has 1 aromatic carbocycles. The van der Waals surface area contributed by atoms with Gasteiger partial charge in [0.1, 0.15) is 11.6 Å². The third-order valence-electron chi connectivity index (χ3n) is 3.36. The lowest BCUT2D eigenvalue weighted by Gasteiger charge is -2.23. The van der Waals surface area contributed by atoms with E-state index in [0.29, 0.717) is 5.92 Å². The van der Waals surface area contributed by atoms with Crippen molar-refractivity contribution in [1.82, 2.24) is 0 Å². The van der Waals surface area contributed by atoms with Crippen molar-refractivity contribution in [3.63, 3.8) is 0 Å². The highest BCUT2D eigenvalue weighted by molar-refractivity contribution is 9.09. The Balaban J connectivity index is 2.92. The van der Waals surface area contributed by atoms with E-state index in [1.807, 2.05) is 0 Å². The van der Waals surface area contributed by atoms with Crippen molar-refractivity contribution in [3.8, 4) is 5.75 Å². The molecule has 0 saturated heterocycles. The van der Waals surface area contributed by atoms with Crippen LogP contribution in [0.25, 0.3) is 0 Å². The zero-order valence-electron chi connectivity index (χ0n) is 11.4. The van der Waals surface area contributed by atoms with E-state index in [2.05, 4.69) is 29.8 Å². The molecule has 0 saturated carbocycles. The Morgan fingerprint density at radius 2 is 2.06 bits per heavy atom. The number of rotatable bonds is 7. The number of hydrogen-bond acceptors (Lipinski definition) is 1. The second-order valence-electron chi connectivity index (χ2n) is 4.60. The lowest BCUT2D eigenvalue weighted by atomic mass is 9.91. The van der Waals surface area contributed by atoms with Crippen LogP contribution in [0.5, 0.6) is 5.75 Å². The van der Waals surface area contributed by atoms with Crippen LogP contribution in [0.15, 0.2) is 18.2 Å². The molecule has 0 aliphatic rings. The van der Waals surface area contributed by atoms with Crippen molar-refractivity contribution < 1.29 is 9.13 Å². The second kappa shape index (κ2) is 7.78. The molecule has 0 spiro atoms. The molecule has 0 N–H and O–H groups in total. The van der Waals surface area contributed by atoms with Crippen molar-refractivity contribution in [1.29, 1.82) is 0 Å². The van der Waals surface area contributed by atoms with Crippen LogP contribution in [0.2, 0.25) is 0 Å². The average Bonchev–Trinajstić information content (AvgIpc) is 2.39. The molecule has 0 amide bonds. The predicted molar refractivity (Wildman–Crippen MR) is 77.9 cm³/mol. The largest absolute Gasteiger partial charge is 0.496 e. The highest BCUT2D eigenvalue weighted by Crippen LogP contribution is 2.40. The minimum Gasteiger partial charge on any atom is -0.496 e. The zero-order chi connectivity index (χ0) is 13.5. The number of unbranched alkanes of at least 4 members (excludes halogenated alkanes) is 1. The maximum Gasteiger partial charge on any atom is 0.123 e. The number of alkyl halides is 1. The van der Waals surface area contributed by atoms with Crippen LogP contribution in [0.1, 0.15) is 49.9 Å². The fourth-order valence-electron chi connectivity index (χ4n) is 2.20. The molecular formula is C15H22BrFO. The maximum absolute atomic E-state index is 13.4. The summed E-state index contributed by atoms with van der Waals surface area (Å²) in [6, 6.07) is 4.72. The smallest absolute Gasteiger partial charge is 0.123 e. The topological polar surface area (TPSA) is 9.23 Å². The molecule has 102 valence electrons. The van der Waals surface area contributed by atoms with Crippen LogP contribution in [0.4, 0.5) is 4.39 Å². The van der Waals surface area contributed by atoms with Crippen LogP contribution < -0.4 is 4.74 Å². The fourth-order valence-corrected chi connectivity index (χ4v) is 3.19. The van der Waals surface area contributed by atoms with Crippen LogP contribution >= 0.6 is 15.9 Å². The van der Waals surface area contributed by atoms with Crippen molar-refractivity contribution in [3.05, 3.63) is 29.6 Å². The second-order valence-corrected chi connectivity index (χ2v) is 5.59. The van der Waals surface area contributed by atoms with E-state index in [-0.39, 0.29) is 10.6 Å². The molecule has 2 unspecified atom stereocenters. The van der Waals surface area contributed by atoms with Gasteiger partial charge in [0, 0.05) is 10.4 Å². The number of methoxy groups -OCH3 is 1. The Labute approximate surface area is 118 Å². The maximum atomic E-state index is 13.4. The average molecular weight is 317 g/mol. The molecule has 0 fully saturated rings. The molecule has 1 aromatic rings. The third kappa shape index (κ3) is 3.98. The first-order valence-corrected chi connectivity index (χ1v) is 7.53. The van der Waals surface area contributed by atoms with Gasteiger partial charge in [-0.05, 0) is 30.5 Å². The summed E-state index contributed by atoms with van der Waals surface area (Å²) in [5.74, 6) is 1.06. The van der Waals surface area contributed by atoms with Gasteiger partial charge in [-0.25, -0.2) is 4.39 Å². The van der Waals surface area contributed by atoms with Crippen LogP contribution in [0.3, 0.4) is 0 Å². The number of benzene rings is 1. The monoisotopic (exact) mass is 316 g/mol. The molecule has 0 aromatic heterocycles. The van der Waals surface area contributed by atoms with Gasteiger partial charge in [-0.1, -0.05) is 49.0 Å². The van der Waals surface area contributed by atoms with Crippen molar-refractivity contribution in [2.45, 2.75) is 44.4 Å². The van der Waals surface area contributed by atoms with E-state index in [4.69, 9.17) is 4.74 Å². The van der Waals surface area contributed by atoms with Gasteiger partial charge < -0.3 is 4.74 Å². The van der Waals surface area contributed by atoms with Crippen molar-refractivity contribution >= 4 is 15.9 Å². The summed E-state index contributed by atoms with van der Waals surface area (Å²) < 4.78 is 18.7. The van der Waals surface area contributed by atoms with Gasteiger partial charge in [0.2, 0.25) is 0 Å².